The van der Waals surface area contributed by atoms with Gasteiger partial charge in [0.05, 0.1) is 11.8 Å². The molecule has 0 spiro atoms. The molecule has 0 fully saturated rings. The fourth-order valence-corrected chi connectivity index (χ4v) is 1.77. The summed E-state index contributed by atoms with van der Waals surface area (Å²) < 4.78 is 5.10. The van der Waals surface area contributed by atoms with Gasteiger partial charge in [-0.3, -0.25) is 9.78 Å². The first kappa shape index (κ1) is 9.78. The second-order valence-corrected chi connectivity index (χ2v) is 3.72. The van der Waals surface area contributed by atoms with Crippen LogP contribution in [0.2, 0.25) is 0 Å². The number of furan rings is 1. The standard InChI is InChI=1S/C14H9NO2/c16-14(13-4-2-8-17-13)11-5-6-12-10(9-11)3-1-7-15-12/h1-9H. The van der Waals surface area contributed by atoms with Gasteiger partial charge in [-0.2, -0.15) is 0 Å². The summed E-state index contributed by atoms with van der Waals surface area (Å²) in [6, 6.07) is 12.6. The minimum Gasteiger partial charge on any atom is -0.461 e. The Morgan fingerprint density at radius 1 is 1.12 bits per heavy atom. The van der Waals surface area contributed by atoms with E-state index in [1.165, 1.54) is 6.26 Å². The van der Waals surface area contributed by atoms with Gasteiger partial charge in [-0.15, -0.1) is 0 Å². The van der Waals surface area contributed by atoms with Gasteiger partial charge in [-0.25, -0.2) is 0 Å². The van der Waals surface area contributed by atoms with Gasteiger partial charge < -0.3 is 4.42 Å². The fraction of sp³-hybridized carbons (Fsp3) is 0. The second-order valence-electron chi connectivity index (χ2n) is 3.72. The Labute approximate surface area is 97.7 Å². The van der Waals surface area contributed by atoms with E-state index < -0.39 is 0 Å². The average molecular weight is 223 g/mol. The van der Waals surface area contributed by atoms with Crippen LogP contribution in [0.4, 0.5) is 0 Å². The lowest BCUT2D eigenvalue weighted by atomic mass is 10.1. The Morgan fingerprint density at radius 2 is 2.06 bits per heavy atom. The van der Waals surface area contributed by atoms with Crippen molar-refractivity contribution in [3.63, 3.8) is 0 Å². The van der Waals surface area contributed by atoms with E-state index in [1.54, 1.807) is 24.4 Å². The van der Waals surface area contributed by atoms with Crippen LogP contribution < -0.4 is 0 Å². The Balaban J connectivity index is 2.09. The lowest BCUT2D eigenvalue weighted by Crippen LogP contribution is -1.99. The Hall–Kier alpha value is -2.42. The molecule has 1 aromatic carbocycles. The van der Waals surface area contributed by atoms with Crippen molar-refractivity contribution < 1.29 is 9.21 Å². The van der Waals surface area contributed by atoms with Crippen LogP contribution in [0.3, 0.4) is 0 Å². The zero-order chi connectivity index (χ0) is 11.7. The molecule has 3 heteroatoms. The molecule has 2 aromatic heterocycles. The highest BCUT2D eigenvalue weighted by Gasteiger charge is 2.11. The summed E-state index contributed by atoms with van der Waals surface area (Å²) in [5.41, 5.74) is 1.49. The van der Waals surface area contributed by atoms with Crippen molar-refractivity contribution in [3.05, 3.63) is 66.2 Å². The van der Waals surface area contributed by atoms with Gasteiger partial charge >= 0.3 is 0 Å². The average Bonchev–Trinajstić information content (AvgIpc) is 2.91. The van der Waals surface area contributed by atoms with E-state index in [-0.39, 0.29) is 5.78 Å². The van der Waals surface area contributed by atoms with E-state index in [4.69, 9.17) is 4.42 Å². The second kappa shape index (κ2) is 3.87. The summed E-state index contributed by atoms with van der Waals surface area (Å²) in [5.74, 6) is 0.244. The van der Waals surface area contributed by atoms with Crippen molar-refractivity contribution in [2.45, 2.75) is 0 Å². The first-order chi connectivity index (χ1) is 8.34. The lowest BCUT2D eigenvalue weighted by molar-refractivity contribution is 0.101. The molecule has 17 heavy (non-hydrogen) atoms. The molecule has 82 valence electrons. The molecule has 0 aliphatic rings. The molecule has 0 radical (unpaired) electrons. The molecular weight excluding hydrogens is 214 g/mol. The van der Waals surface area contributed by atoms with Crippen LogP contribution in [0.25, 0.3) is 10.9 Å². The molecule has 0 unspecified atom stereocenters. The topological polar surface area (TPSA) is 43.1 Å². The first-order valence-corrected chi connectivity index (χ1v) is 5.27. The number of carbonyl (C=O) groups is 1. The maximum absolute atomic E-state index is 12.0. The number of benzene rings is 1. The van der Waals surface area contributed by atoms with Crippen molar-refractivity contribution in [1.82, 2.24) is 4.98 Å². The summed E-state index contributed by atoms with van der Waals surface area (Å²) >= 11 is 0. The minimum absolute atomic E-state index is 0.110. The maximum atomic E-state index is 12.0. The van der Waals surface area contributed by atoms with E-state index in [0.29, 0.717) is 11.3 Å². The third kappa shape index (κ3) is 1.72. The molecule has 0 saturated carbocycles. The first-order valence-electron chi connectivity index (χ1n) is 5.27. The van der Waals surface area contributed by atoms with Crippen LogP contribution >= 0.6 is 0 Å². The summed E-state index contributed by atoms with van der Waals surface area (Å²) in [6.07, 6.45) is 3.23. The SMILES string of the molecule is O=C(c1ccc2ncccc2c1)c1ccco1. The minimum atomic E-state index is -0.110. The van der Waals surface area contributed by atoms with Gasteiger partial charge in [0.1, 0.15) is 0 Å². The highest BCUT2D eigenvalue weighted by molar-refractivity contribution is 6.08. The van der Waals surface area contributed by atoms with Gasteiger partial charge in [0.2, 0.25) is 5.78 Å². The Bertz CT molecular complexity index is 672. The number of pyridine rings is 1. The highest BCUT2D eigenvalue weighted by Crippen LogP contribution is 2.16. The molecular formula is C14H9NO2. The Morgan fingerprint density at radius 3 is 2.88 bits per heavy atom. The molecule has 0 atom stereocenters. The molecule has 3 nitrogen and oxygen atoms in total. The van der Waals surface area contributed by atoms with Crippen molar-refractivity contribution in [2.24, 2.45) is 0 Å². The van der Waals surface area contributed by atoms with Crippen LogP contribution in [0, 0.1) is 0 Å². The monoisotopic (exact) mass is 223 g/mol. The third-order valence-electron chi connectivity index (χ3n) is 2.61. The third-order valence-corrected chi connectivity index (χ3v) is 2.61. The number of hydrogen-bond donors (Lipinski definition) is 0. The number of aromatic nitrogens is 1. The summed E-state index contributed by atoms with van der Waals surface area (Å²) in [6.45, 7) is 0. The van der Waals surface area contributed by atoms with Crippen molar-refractivity contribution in [1.29, 1.82) is 0 Å². The number of ketones is 1. The molecule has 0 N–H and O–H groups in total. The summed E-state index contributed by atoms with van der Waals surface area (Å²) in [4.78, 5) is 16.2. The summed E-state index contributed by atoms with van der Waals surface area (Å²) in [7, 11) is 0. The van der Waals surface area contributed by atoms with Crippen molar-refractivity contribution in [2.75, 3.05) is 0 Å². The van der Waals surface area contributed by atoms with E-state index in [1.807, 2.05) is 24.3 Å². The smallest absolute Gasteiger partial charge is 0.228 e. The number of carbonyl (C=O) groups excluding carboxylic acids is 1. The van der Waals surface area contributed by atoms with Gasteiger partial charge in [-0.05, 0) is 36.4 Å². The zero-order valence-electron chi connectivity index (χ0n) is 8.96. The van der Waals surface area contributed by atoms with Crippen LogP contribution in [-0.2, 0) is 0 Å². The fourth-order valence-electron chi connectivity index (χ4n) is 1.77. The molecule has 0 amide bonds. The lowest BCUT2D eigenvalue weighted by Gasteiger charge is -2.00. The van der Waals surface area contributed by atoms with Crippen LogP contribution in [-0.4, -0.2) is 10.8 Å². The molecule has 0 aliphatic heterocycles. The van der Waals surface area contributed by atoms with Gasteiger partial charge in [-0.1, -0.05) is 6.07 Å². The predicted molar refractivity (Wildman–Crippen MR) is 63.9 cm³/mol. The van der Waals surface area contributed by atoms with Crippen LogP contribution in [0.5, 0.6) is 0 Å². The molecule has 3 rings (SSSR count). The van der Waals surface area contributed by atoms with Crippen molar-refractivity contribution >= 4 is 16.7 Å². The van der Waals surface area contributed by atoms with E-state index in [9.17, 15) is 4.79 Å². The molecule has 2 heterocycles. The summed E-state index contributed by atoms with van der Waals surface area (Å²) in [5, 5.41) is 0.949. The van der Waals surface area contributed by atoms with Gasteiger partial charge in [0, 0.05) is 17.1 Å². The molecule has 0 bridgehead atoms. The largest absolute Gasteiger partial charge is 0.461 e. The Kier molecular flexibility index (Phi) is 2.22. The number of rotatable bonds is 2. The van der Waals surface area contributed by atoms with Gasteiger partial charge in [0.25, 0.3) is 0 Å². The van der Waals surface area contributed by atoms with Crippen LogP contribution in [0.1, 0.15) is 16.1 Å². The zero-order valence-corrected chi connectivity index (χ0v) is 8.96. The molecule has 0 aliphatic carbocycles. The number of fused-ring (bicyclic) bond motifs is 1. The molecule has 0 saturated heterocycles. The molecule has 3 aromatic rings. The van der Waals surface area contributed by atoms with E-state index in [2.05, 4.69) is 4.98 Å². The van der Waals surface area contributed by atoms with E-state index in [0.717, 1.165) is 10.9 Å². The normalized spacial score (nSPS) is 10.6. The number of hydrogen-bond acceptors (Lipinski definition) is 3. The number of nitrogens with zero attached hydrogens (tertiary/aromatic N) is 1. The highest BCUT2D eigenvalue weighted by atomic mass is 16.3. The quantitative estimate of drug-likeness (QED) is 0.627. The van der Waals surface area contributed by atoms with Gasteiger partial charge in [0.15, 0.2) is 5.76 Å². The van der Waals surface area contributed by atoms with E-state index >= 15 is 0 Å². The van der Waals surface area contributed by atoms with Crippen molar-refractivity contribution in [3.8, 4) is 0 Å². The maximum Gasteiger partial charge on any atom is 0.228 e. The predicted octanol–water partition coefficient (Wildman–Crippen LogP) is 3.06. The van der Waals surface area contributed by atoms with Crippen LogP contribution in [0.15, 0.2) is 59.3 Å².